The molecule has 0 fully saturated rings. The van der Waals surface area contributed by atoms with E-state index in [1.807, 2.05) is 23.7 Å². The molecule has 4 heteroatoms. The maximum absolute atomic E-state index is 6.50. The third-order valence-corrected chi connectivity index (χ3v) is 4.85. The average Bonchev–Trinajstić information content (AvgIpc) is 2.94. The number of aryl methyl sites for hydroxylation is 1. The molecule has 3 nitrogen and oxygen atoms in total. The van der Waals surface area contributed by atoms with Crippen molar-refractivity contribution in [1.82, 2.24) is 4.98 Å². The van der Waals surface area contributed by atoms with Gasteiger partial charge in [0.15, 0.2) is 0 Å². The average molecular weight is 274 g/mol. The molecule has 3 rings (SSSR count). The first kappa shape index (κ1) is 12.6. The fourth-order valence-corrected chi connectivity index (χ4v) is 3.83. The van der Waals surface area contributed by atoms with Gasteiger partial charge < -0.3 is 10.5 Å². The van der Waals surface area contributed by atoms with Gasteiger partial charge in [0.1, 0.15) is 5.75 Å². The van der Waals surface area contributed by atoms with E-state index < -0.39 is 0 Å². The molecule has 0 radical (unpaired) electrons. The molecule has 0 amide bonds. The predicted octanol–water partition coefficient (Wildman–Crippen LogP) is 3.27. The SMILES string of the molecule is COc1ccsc1C(N)C1CCCc2cccnc21. The lowest BCUT2D eigenvalue weighted by Crippen LogP contribution is -2.24. The smallest absolute Gasteiger partial charge is 0.134 e. The van der Waals surface area contributed by atoms with Crippen LogP contribution in [0.5, 0.6) is 5.75 Å². The minimum Gasteiger partial charge on any atom is -0.496 e. The van der Waals surface area contributed by atoms with Crippen LogP contribution < -0.4 is 10.5 Å². The summed E-state index contributed by atoms with van der Waals surface area (Å²) in [6, 6.07) is 6.15. The molecule has 1 aliphatic carbocycles. The van der Waals surface area contributed by atoms with Crippen LogP contribution in [0.25, 0.3) is 0 Å². The van der Waals surface area contributed by atoms with Gasteiger partial charge in [-0.1, -0.05) is 6.07 Å². The van der Waals surface area contributed by atoms with Gasteiger partial charge in [0, 0.05) is 17.8 Å². The minimum absolute atomic E-state index is 0.0242. The lowest BCUT2D eigenvalue weighted by molar-refractivity contribution is 0.397. The monoisotopic (exact) mass is 274 g/mol. The Hall–Kier alpha value is -1.39. The summed E-state index contributed by atoms with van der Waals surface area (Å²) in [7, 11) is 1.70. The van der Waals surface area contributed by atoms with Crippen molar-refractivity contribution in [3.05, 3.63) is 45.9 Å². The zero-order valence-corrected chi connectivity index (χ0v) is 11.8. The molecular formula is C15H18N2OS. The Kier molecular flexibility index (Phi) is 3.53. The van der Waals surface area contributed by atoms with E-state index in [-0.39, 0.29) is 6.04 Å². The Morgan fingerprint density at radius 1 is 1.47 bits per heavy atom. The Labute approximate surface area is 117 Å². The largest absolute Gasteiger partial charge is 0.496 e. The molecule has 0 bridgehead atoms. The molecule has 2 heterocycles. The number of aromatic nitrogens is 1. The molecule has 2 aromatic heterocycles. The van der Waals surface area contributed by atoms with Crippen molar-refractivity contribution in [3.63, 3.8) is 0 Å². The number of nitrogens with two attached hydrogens (primary N) is 1. The number of rotatable bonds is 3. The van der Waals surface area contributed by atoms with Gasteiger partial charge in [-0.3, -0.25) is 4.98 Å². The first-order valence-corrected chi connectivity index (χ1v) is 7.50. The van der Waals surface area contributed by atoms with Gasteiger partial charge in [0.2, 0.25) is 0 Å². The third-order valence-electron chi connectivity index (χ3n) is 3.85. The second-order valence-corrected chi connectivity index (χ2v) is 5.87. The highest BCUT2D eigenvalue weighted by Crippen LogP contribution is 2.42. The molecule has 2 aromatic rings. The minimum atomic E-state index is -0.0242. The summed E-state index contributed by atoms with van der Waals surface area (Å²) in [4.78, 5) is 5.70. The van der Waals surface area contributed by atoms with E-state index >= 15 is 0 Å². The highest BCUT2D eigenvalue weighted by Gasteiger charge is 2.29. The van der Waals surface area contributed by atoms with Crippen molar-refractivity contribution in [2.24, 2.45) is 5.73 Å². The molecule has 19 heavy (non-hydrogen) atoms. The highest BCUT2D eigenvalue weighted by molar-refractivity contribution is 7.10. The van der Waals surface area contributed by atoms with Crippen LogP contribution in [0, 0.1) is 0 Å². The van der Waals surface area contributed by atoms with Crippen LogP contribution in [-0.4, -0.2) is 12.1 Å². The highest BCUT2D eigenvalue weighted by atomic mass is 32.1. The summed E-state index contributed by atoms with van der Waals surface area (Å²) >= 11 is 1.67. The van der Waals surface area contributed by atoms with E-state index in [4.69, 9.17) is 10.5 Å². The van der Waals surface area contributed by atoms with E-state index in [0.717, 1.165) is 23.5 Å². The quantitative estimate of drug-likeness (QED) is 0.934. The van der Waals surface area contributed by atoms with Crippen molar-refractivity contribution in [2.45, 2.75) is 31.2 Å². The summed E-state index contributed by atoms with van der Waals surface area (Å²) in [5.41, 5.74) is 9.02. The van der Waals surface area contributed by atoms with E-state index in [9.17, 15) is 0 Å². The first-order chi connectivity index (χ1) is 9.31. The van der Waals surface area contributed by atoms with Crippen LogP contribution in [0.3, 0.4) is 0 Å². The van der Waals surface area contributed by atoms with Gasteiger partial charge in [-0.25, -0.2) is 0 Å². The molecule has 1 aliphatic rings. The summed E-state index contributed by atoms with van der Waals surface area (Å²) in [6.07, 6.45) is 5.28. The zero-order chi connectivity index (χ0) is 13.2. The molecule has 2 N–H and O–H groups in total. The number of thiophene rings is 1. The summed E-state index contributed by atoms with van der Waals surface area (Å²) in [5, 5.41) is 2.04. The number of nitrogens with zero attached hydrogens (tertiary/aromatic N) is 1. The lowest BCUT2D eigenvalue weighted by atomic mass is 9.82. The Morgan fingerprint density at radius 3 is 3.21 bits per heavy atom. The number of methoxy groups -OCH3 is 1. The topological polar surface area (TPSA) is 48.1 Å². The van der Waals surface area contributed by atoms with Crippen LogP contribution in [0.2, 0.25) is 0 Å². The Bertz CT molecular complexity index is 567. The zero-order valence-electron chi connectivity index (χ0n) is 11.0. The standard InChI is InChI=1S/C15H18N2OS/c1-18-12-7-9-19-15(12)13(16)11-6-2-4-10-5-3-8-17-14(10)11/h3,5,7-9,11,13H,2,4,6,16H2,1H3. The summed E-state index contributed by atoms with van der Waals surface area (Å²) in [5.74, 6) is 1.21. The fraction of sp³-hybridized carbons (Fsp3) is 0.400. The predicted molar refractivity (Wildman–Crippen MR) is 77.7 cm³/mol. The summed E-state index contributed by atoms with van der Waals surface area (Å²) in [6.45, 7) is 0. The van der Waals surface area contributed by atoms with Gasteiger partial charge in [0.05, 0.1) is 18.0 Å². The first-order valence-electron chi connectivity index (χ1n) is 6.62. The second-order valence-electron chi connectivity index (χ2n) is 4.93. The number of ether oxygens (including phenoxy) is 1. The molecule has 2 unspecified atom stereocenters. The molecule has 0 saturated heterocycles. The maximum atomic E-state index is 6.50. The maximum Gasteiger partial charge on any atom is 0.134 e. The van der Waals surface area contributed by atoms with Crippen molar-refractivity contribution in [3.8, 4) is 5.75 Å². The van der Waals surface area contributed by atoms with Gasteiger partial charge >= 0.3 is 0 Å². The number of pyridine rings is 1. The third kappa shape index (κ3) is 2.26. The van der Waals surface area contributed by atoms with Crippen molar-refractivity contribution in [2.75, 3.05) is 7.11 Å². The van der Waals surface area contributed by atoms with E-state index in [2.05, 4.69) is 11.1 Å². The Morgan fingerprint density at radius 2 is 2.37 bits per heavy atom. The van der Waals surface area contributed by atoms with Gasteiger partial charge in [0.25, 0.3) is 0 Å². The molecule has 0 aliphatic heterocycles. The fourth-order valence-electron chi connectivity index (χ4n) is 2.90. The van der Waals surface area contributed by atoms with Crippen molar-refractivity contribution >= 4 is 11.3 Å². The number of fused-ring (bicyclic) bond motifs is 1. The van der Waals surface area contributed by atoms with Crippen LogP contribution in [0.1, 0.15) is 40.9 Å². The van der Waals surface area contributed by atoms with Gasteiger partial charge in [-0.05, 0) is 42.3 Å². The van der Waals surface area contributed by atoms with Crippen molar-refractivity contribution in [1.29, 1.82) is 0 Å². The van der Waals surface area contributed by atoms with E-state index in [1.165, 1.54) is 17.7 Å². The molecule has 0 saturated carbocycles. The molecule has 0 aromatic carbocycles. The van der Waals surface area contributed by atoms with Crippen LogP contribution in [0.4, 0.5) is 0 Å². The number of hydrogen-bond donors (Lipinski definition) is 1. The van der Waals surface area contributed by atoms with Crippen molar-refractivity contribution < 1.29 is 4.74 Å². The van der Waals surface area contributed by atoms with Crippen LogP contribution >= 0.6 is 11.3 Å². The van der Waals surface area contributed by atoms with Crippen LogP contribution in [0.15, 0.2) is 29.8 Å². The molecule has 100 valence electrons. The van der Waals surface area contributed by atoms with Crippen LogP contribution in [-0.2, 0) is 6.42 Å². The second kappa shape index (κ2) is 5.31. The lowest BCUT2D eigenvalue weighted by Gasteiger charge is -2.28. The normalized spacial score (nSPS) is 19.8. The number of hydrogen-bond acceptors (Lipinski definition) is 4. The molecule has 2 atom stereocenters. The van der Waals surface area contributed by atoms with E-state index in [0.29, 0.717) is 5.92 Å². The van der Waals surface area contributed by atoms with Gasteiger partial charge in [-0.2, -0.15) is 0 Å². The van der Waals surface area contributed by atoms with Gasteiger partial charge in [-0.15, -0.1) is 11.3 Å². The molecule has 0 spiro atoms. The van der Waals surface area contributed by atoms with E-state index in [1.54, 1.807) is 18.4 Å². The Balaban J connectivity index is 1.95. The molecular weight excluding hydrogens is 256 g/mol. The summed E-state index contributed by atoms with van der Waals surface area (Å²) < 4.78 is 5.40.